The Balaban J connectivity index is 1.19. The molecule has 28 heavy (non-hydrogen) atoms. The number of rotatable bonds is 6. The molecule has 0 aromatic heterocycles. The third-order valence-electron chi connectivity index (χ3n) is 6.93. The summed E-state index contributed by atoms with van der Waals surface area (Å²) in [5, 5.41) is 6.05. The van der Waals surface area contributed by atoms with E-state index in [9.17, 15) is 9.59 Å². The molecule has 1 aromatic carbocycles. The van der Waals surface area contributed by atoms with Gasteiger partial charge in [0.1, 0.15) is 0 Å². The van der Waals surface area contributed by atoms with Crippen LogP contribution < -0.4 is 10.6 Å². The van der Waals surface area contributed by atoms with Crippen LogP contribution >= 0.6 is 0 Å². The number of amides is 2. The van der Waals surface area contributed by atoms with E-state index in [-0.39, 0.29) is 17.7 Å². The Kier molecular flexibility index (Phi) is 6.30. The number of hydrogen-bond donors (Lipinski definition) is 2. The fraction of sp³-hybridized carbons (Fsp3) is 0.652. The Hall–Kier alpha value is -1.88. The fourth-order valence-electron chi connectivity index (χ4n) is 4.75. The predicted octanol–water partition coefficient (Wildman–Crippen LogP) is 3.81. The molecular weight excluding hydrogens is 350 g/mol. The molecule has 0 bridgehead atoms. The summed E-state index contributed by atoms with van der Waals surface area (Å²) < 4.78 is 0. The van der Waals surface area contributed by atoms with Crippen LogP contribution in [-0.2, 0) is 4.79 Å². The Bertz CT molecular complexity index is 670. The summed E-state index contributed by atoms with van der Waals surface area (Å²) in [6, 6.07) is 8.07. The molecule has 5 heteroatoms. The Morgan fingerprint density at radius 2 is 1.57 bits per heavy atom. The molecule has 1 saturated heterocycles. The van der Waals surface area contributed by atoms with Gasteiger partial charge in [0.25, 0.3) is 5.91 Å². The molecule has 3 aliphatic rings. The maximum absolute atomic E-state index is 12.4. The van der Waals surface area contributed by atoms with Gasteiger partial charge in [-0.2, -0.15) is 0 Å². The molecule has 0 unspecified atom stereocenters. The average molecular weight is 384 g/mol. The van der Waals surface area contributed by atoms with Crippen molar-refractivity contribution in [2.75, 3.05) is 25.0 Å². The second-order valence-corrected chi connectivity index (χ2v) is 8.82. The van der Waals surface area contributed by atoms with E-state index in [0.29, 0.717) is 11.5 Å². The van der Waals surface area contributed by atoms with Gasteiger partial charge >= 0.3 is 0 Å². The Labute approximate surface area is 168 Å². The molecule has 0 spiro atoms. The van der Waals surface area contributed by atoms with Crippen molar-refractivity contribution in [2.45, 2.75) is 63.8 Å². The lowest BCUT2D eigenvalue weighted by Gasteiger charge is -2.36. The molecule has 2 aliphatic carbocycles. The van der Waals surface area contributed by atoms with Gasteiger partial charge in [-0.3, -0.25) is 9.59 Å². The molecule has 1 heterocycles. The molecule has 5 nitrogen and oxygen atoms in total. The maximum atomic E-state index is 12.4. The minimum absolute atomic E-state index is 0.0184. The molecule has 0 atom stereocenters. The van der Waals surface area contributed by atoms with Gasteiger partial charge in [-0.05, 0) is 81.8 Å². The molecular formula is C23H33N3O2. The molecule has 152 valence electrons. The smallest absolute Gasteiger partial charge is 0.251 e. The van der Waals surface area contributed by atoms with E-state index in [4.69, 9.17) is 0 Å². The Morgan fingerprint density at radius 1 is 0.893 bits per heavy atom. The second kappa shape index (κ2) is 9.08. The minimum Gasteiger partial charge on any atom is -0.352 e. The molecule has 2 N–H and O–H groups in total. The van der Waals surface area contributed by atoms with Gasteiger partial charge in [0.05, 0.1) is 0 Å². The van der Waals surface area contributed by atoms with Crippen LogP contribution in [0.15, 0.2) is 24.3 Å². The van der Waals surface area contributed by atoms with Crippen molar-refractivity contribution in [3.05, 3.63) is 29.8 Å². The number of hydrogen-bond acceptors (Lipinski definition) is 3. The summed E-state index contributed by atoms with van der Waals surface area (Å²) >= 11 is 0. The number of piperidine rings is 1. The fourth-order valence-corrected chi connectivity index (χ4v) is 4.75. The topological polar surface area (TPSA) is 61.4 Å². The zero-order valence-corrected chi connectivity index (χ0v) is 16.8. The van der Waals surface area contributed by atoms with Gasteiger partial charge in [-0.15, -0.1) is 0 Å². The van der Waals surface area contributed by atoms with Crippen LogP contribution in [0.2, 0.25) is 0 Å². The predicted molar refractivity (Wildman–Crippen MR) is 111 cm³/mol. The standard InChI is InChI=1S/C23H33N3O2/c27-22(19-8-10-20(11-9-19)25-23(28)18-4-3-5-18)24-16-17-12-14-26(15-13-17)21-6-1-2-7-21/h8-11,17-18,21H,1-7,12-16H2,(H,24,27)(H,25,28). The van der Waals surface area contributed by atoms with E-state index < -0.39 is 0 Å². The monoisotopic (exact) mass is 383 g/mol. The summed E-state index contributed by atoms with van der Waals surface area (Å²) in [5.74, 6) is 0.841. The van der Waals surface area contributed by atoms with E-state index in [2.05, 4.69) is 15.5 Å². The highest BCUT2D eigenvalue weighted by Crippen LogP contribution is 2.28. The van der Waals surface area contributed by atoms with Crippen LogP contribution in [-0.4, -0.2) is 42.4 Å². The summed E-state index contributed by atoms with van der Waals surface area (Å²) in [6.45, 7) is 3.12. The van der Waals surface area contributed by atoms with Gasteiger partial charge < -0.3 is 15.5 Å². The molecule has 1 aromatic rings. The van der Waals surface area contributed by atoms with Crippen molar-refractivity contribution in [1.29, 1.82) is 0 Å². The van der Waals surface area contributed by atoms with E-state index in [0.717, 1.165) is 37.5 Å². The van der Waals surface area contributed by atoms with Crippen LogP contribution in [0.5, 0.6) is 0 Å². The Morgan fingerprint density at radius 3 is 2.18 bits per heavy atom. The van der Waals surface area contributed by atoms with Gasteiger partial charge in [-0.1, -0.05) is 19.3 Å². The first-order valence-corrected chi connectivity index (χ1v) is 11.1. The zero-order chi connectivity index (χ0) is 19.3. The summed E-state index contributed by atoms with van der Waals surface area (Å²) in [7, 11) is 0. The first kappa shape index (κ1) is 19.4. The van der Waals surface area contributed by atoms with Crippen molar-refractivity contribution >= 4 is 17.5 Å². The number of nitrogens with one attached hydrogen (secondary N) is 2. The van der Waals surface area contributed by atoms with Crippen molar-refractivity contribution in [1.82, 2.24) is 10.2 Å². The highest BCUT2D eigenvalue weighted by Gasteiger charge is 2.27. The molecule has 2 amide bonds. The van der Waals surface area contributed by atoms with Crippen molar-refractivity contribution in [2.24, 2.45) is 11.8 Å². The quantitative estimate of drug-likeness (QED) is 0.785. The lowest BCUT2D eigenvalue weighted by atomic mass is 9.85. The van der Waals surface area contributed by atoms with Crippen LogP contribution in [0.1, 0.15) is 68.1 Å². The third-order valence-corrected chi connectivity index (χ3v) is 6.93. The number of nitrogens with zero attached hydrogens (tertiary/aromatic N) is 1. The van der Waals surface area contributed by atoms with Crippen molar-refractivity contribution in [3.63, 3.8) is 0 Å². The van der Waals surface area contributed by atoms with Crippen LogP contribution in [0.3, 0.4) is 0 Å². The molecule has 2 saturated carbocycles. The lowest BCUT2D eigenvalue weighted by Crippen LogP contribution is -2.42. The van der Waals surface area contributed by atoms with Gasteiger partial charge in [0, 0.05) is 29.8 Å². The van der Waals surface area contributed by atoms with E-state index in [1.165, 1.54) is 51.6 Å². The number of carbonyl (C=O) groups is 2. The number of anilines is 1. The summed E-state index contributed by atoms with van der Waals surface area (Å²) in [4.78, 5) is 27.1. The SMILES string of the molecule is O=C(NCC1CCN(C2CCCC2)CC1)c1ccc(NC(=O)C2CCC2)cc1. The van der Waals surface area contributed by atoms with Gasteiger partial charge in [0.15, 0.2) is 0 Å². The van der Waals surface area contributed by atoms with Crippen molar-refractivity contribution in [3.8, 4) is 0 Å². The molecule has 0 radical (unpaired) electrons. The van der Waals surface area contributed by atoms with Crippen LogP contribution in [0, 0.1) is 11.8 Å². The van der Waals surface area contributed by atoms with E-state index in [1.807, 2.05) is 12.1 Å². The van der Waals surface area contributed by atoms with Gasteiger partial charge in [-0.25, -0.2) is 0 Å². The first-order chi connectivity index (χ1) is 13.7. The average Bonchev–Trinajstić information content (AvgIpc) is 3.20. The molecule has 4 rings (SSSR count). The normalized spacial score (nSPS) is 22.0. The summed E-state index contributed by atoms with van der Waals surface area (Å²) in [6.07, 6.45) is 11.0. The van der Waals surface area contributed by atoms with E-state index >= 15 is 0 Å². The van der Waals surface area contributed by atoms with E-state index in [1.54, 1.807) is 12.1 Å². The first-order valence-electron chi connectivity index (χ1n) is 11.1. The minimum atomic E-state index is -0.0184. The number of carbonyl (C=O) groups excluding carboxylic acids is 2. The third kappa shape index (κ3) is 4.75. The largest absolute Gasteiger partial charge is 0.352 e. The number of likely N-dealkylation sites (tertiary alicyclic amines) is 1. The molecule has 1 aliphatic heterocycles. The highest BCUT2D eigenvalue weighted by molar-refractivity contribution is 5.96. The lowest BCUT2D eigenvalue weighted by molar-refractivity contribution is -0.122. The van der Waals surface area contributed by atoms with Gasteiger partial charge in [0.2, 0.25) is 5.91 Å². The molecule has 3 fully saturated rings. The maximum Gasteiger partial charge on any atom is 0.251 e. The van der Waals surface area contributed by atoms with Crippen LogP contribution in [0.4, 0.5) is 5.69 Å². The van der Waals surface area contributed by atoms with Crippen LogP contribution in [0.25, 0.3) is 0 Å². The van der Waals surface area contributed by atoms with Crippen molar-refractivity contribution < 1.29 is 9.59 Å². The second-order valence-electron chi connectivity index (χ2n) is 8.82. The zero-order valence-electron chi connectivity index (χ0n) is 16.8. The number of benzene rings is 1. The summed E-state index contributed by atoms with van der Waals surface area (Å²) in [5.41, 5.74) is 1.43. The highest BCUT2D eigenvalue weighted by atomic mass is 16.2.